The SMILES string of the molecule is O=C(CSc1cccc(NC(=O)c2ccccc2C(=O)O)c1)Nc1ccccc1F. The summed E-state index contributed by atoms with van der Waals surface area (Å²) in [4.78, 5) is 36.5. The Kier molecular flexibility index (Phi) is 6.82. The Bertz CT molecular complexity index is 1100. The molecule has 0 bridgehead atoms. The quantitative estimate of drug-likeness (QED) is 0.485. The van der Waals surface area contributed by atoms with Crippen molar-refractivity contribution in [3.05, 3.63) is 89.7 Å². The molecule has 0 aliphatic rings. The minimum Gasteiger partial charge on any atom is -0.478 e. The summed E-state index contributed by atoms with van der Waals surface area (Å²) in [7, 11) is 0. The van der Waals surface area contributed by atoms with Crippen molar-refractivity contribution in [3.8, 4) is 0 Å². The lowest BCUT2D eigenvalue weighted by Gasteiger charge is -2.09. The van der Waals surface area contributed by atoms with Crippen molar-refractivity contribution >= 4 is 40.9 Å². The molecule has 0 aliphatic heterocycles. The van der Waals surface area contributed by atoms with E-state index in [2.05, 4.69) is 10.6 Å². The first-order valence-electron chi connectivity index (χ1n) is 8.85. The van der Waals surface area contributed by atoms with Crippen molar-refractivity contribution in [1.82, 2.24) is 0 Å². The zero-order valence-corrected chi connectivity index (χ0v) is 16.4. The van der Waals surface area contributed by atoms with Crippen molar-refractivity contribution in [1.29, 1.82) is 0 Å². The maximum Gasteiger partial charge on any atom is 0.336 e. The monoisotopic (exact) mass is 424 g/mol. The molecule has 2 amide bonds. The van der Waals surface area contributed by atoms with Gasteiger partial charge in [-0.1, -0.05) is 30.3 Å². The van der Waals surface area contributed by atoms with E-state index in [1.165, 1.54) is 42.1 Å². The van der Waals surface area contributed by atoms with Crippen LogP contribution < -0.4 is 10.6 Å². The summed E-state index contributed by atoms with van der Waals surface area (Å²) in [6.45, 7) is 0. The molecule has 0 aliphatic carbocycles. The lowest BCUT2D eigenvalue weighted by molar-refractivity contribution is -0.113. The number of nitrogens with one attached hydrogen (secondary N) is 2. The van der Waals surface area contributed by atoms with Crippen molar-refractivity contribution in [2.45, 2.75) is 4.90 Å². The van der Waals surface area contributed by atoms with E-state index in [0.29, 0.717) is 10.6 Å². The highest BCUT2D eigenvalue weighted by molar-refractivity contribution is 8.00. The largest absolute Gasteiger partial charge is 0.478 e. The molecule has 152 valence electrons. The van der Waals surface area contributed by atoms with Crippen LogP contribution >= 0.6 is 11.8 Å². The van der Waals surface area contributed by atoms with Gasteiger partial charge in [-0.3, -0.25) is 9.59 Å². The van der Waals surface area contributed by atoms with E-state index < -0.39 is 17.7 Å². The van der Waals surface area contributed by atoms with E-state index in [-0.39, 0.29) is 28.5 Å². The van der Waals surface area contributed by atoms with Crippen LogP contribution in [0.4, 0.5) is 15.8 Å². The fourth-order valence-electron chi connectivity index (χ4n) is 2.63. The second kappa shape index (κ2) is 9.71. The number of carbonyl (C=O) groups is 3. The first kappa shape index (κ1) is 21.1. The number of anilines is 2. The molecule has 0 saturated carbocycles. The predicted molar refractivity (Wildman–Crippen MR) is 114 cm³/mol. The van der Waals surface area contributed by atoms with Crippen LogP contribution in [0.15, 0.2) is 77.7 Å². The van der Waals surface area contributed by atoms with E-state index >= 15 is 0 Å². The molecule has 3 aromatic carbocycles. The molecule has 0 spiro atoms. The number of carboxylic acids is 1. The number of hydrogen-bond acceptors (Lipinski definition) is 4. The minimum atomic E-state index is -1.19. The second-order valence-electron chi connectivity index (χ2n) is 6.15. The Balaban J connectivity index is 1.62. The third kappa shape index (κ3) is 5.45. The highest BCUT2D eigenvalue weighted by atomic mass is 32.2. The highest BCUT2D eigenvalue weighted by Gasteiger charge is 2.16. The van der Waals surface area contributed by atoms with E-state index in [1.807, 2.05) is 0 Å². The summed E-state index contributed by atoms with van der Waals surface area (Å²) in [5, 5.41) is 14.4. The standard InChI is InChI=1S/C22H17FN2O4S/c23-18-10-3-4-11-19(18)25-20(26)13-30-15-7-5-6-14(12-15)24-21(27)16-8-1-2-9-17(16)22(28)29/h1-12H,13H2,(H,24,27)(H,25,26)(H,28,29). The van der Waals surface area contributed by atoms with Crippen LogP contribution in [-0.2, 0) is 4.79 Å². The van der Waals surface area contributed by atoms with Gasteiger partial charge in [0.25, 0.3) is 5.91 Å². The summed E-state index contributed by atoms with van der Waals surface area (Å²) in [5.41, 5.74) is 0.526. The van der Waals surface area contributed by atoms with Gasteiger partial charge >= 0.3 is 5.97 Å². The Morgan fingerprint density at radius 1 is 0.867 bits per heavy atom. The fraction of sp³-hybridized carbons (Fsp3) is 0.0455. The molecule has 0 saturated heterocycles. The summed E-state index contributed by atoms with van der Waals surface area (Å²) in [5.74, 6) is -2.57. The molecule has 0 heterocycles. The highest BCUT2D eigenvalue weighted by Crippen LogP contribution is 2.23. The molecule has 0 atom stereocenters. The van der Waals surface area contributed by atoms with Gasteiger partial charge in [-0.2, -0.15) is 0 Å². The van der Waals surface area contributed by atoms with Gasteiger partial charge in [0.1, 0.15) is 5.82 Å². The number of rotatable bonds is 7. The third-order valence-corrected chi connectivity index (χ3v) is 5.01. The average molecular weight is 424 g/mol. The minimum absolute atomic E-state index is 0.0484. The number of halogens is 1. The number of amides is 2. The van der Waals surface area contributed by atoms with Gasteiger partial charge in [0.15, 0.2) is 0 Å². The maximum absolute atomic E-state index is 13.6. The molecule has 3 rings (SSSR count). The van der Waals surface area contributed by atoms with Crippen molar-refractivity contribution < 1.29 is 23.9 Å². The molecule has 8 heteroatoms. The maximum atomic E-state index is 13.6. The van der Waals surface area contributed by atoms with Gasteiger partial charge in [-0.15, -0.1) is 11.8 Å². The molecule has 0 fully saturated rings. The molecule has 0 unspecified atom stereocenters. The summed E-state index contributed by atoms with van der Waals surface area (Å²) >= 11 is 1.22. The summed E-state index contributed by atoms with van der Waals surface area (Å²) < 4.78 is 13.6. The molecular weight excluding hydrogens is 407 g/mol. The lowest BCUT2D eigenvalue weighted by Crippen LogP contribution is -2.16. The van der Waals surface area contributed by atoms with E-state index in [0.717, 1.165) is 0 Å². The Labute approximate surface area is 176 Å². The van der Waals surface area contributed by atoms with Crippen LogP contribution in [0.5, 0.6) is 0 Å². The fourth-order valence-corrected chi connectivity index (χ4v) is 3.38. The van der Waals surface area contributed by atoms with Crippen molar-refractivity contribution in [2.24, 2.45) is 0 Å². The van der Waals surface area contributed by atoms with Crippen molar-refractivity contribution in [3.63, 3.8) is 0 Å². The normalized spacial score (nSPS) is 10.3. The second-order valence-corrected chi connectivity index (χ2v) is 7.20. The van der Waals surface area contributed by atoms with Gasteiger partial charge in [-0.25, -0.2) is 9.18 Å². The third-order valence-electron chi connectivity index (χ3n) is 4.01. The number of carbonyl (C=O) groups excluding carboxylic acids is 2. The molecule has 3 aromatic rings. The zero-order valence-electron chi connectivity index (χ0n) is 15.6. The average Bonchev–Trinajstić information content (AvgIpc) is 2.74. The van der Waals surface area contributed by atoms with E-state index in [9.17, 15) is 23.9 Å². The van der Waals surface area contributed by atoms with Crippen LogP contribution in [-0.4, -0.2) is 28.6 Å². The number of thioether (sulfide) groups is 1. The van der Waals surface area contributed by atoms with Crippen LogP contribution in [0.1, 0.15) is 20.7 Å². The smallest absolute Gasteiger partial charge is 0.336 e. The number of aromatic carboxylic acids is 1. The number of benzene rings is 3. The van der Waals surface area contributed by atoms with Crippen LogP contribution in [0.3, 0.4) is 0 Å². The number of para-hydroxylation sites is 1. The topological polar surface area (TPSA) is 95.5 Å². The summed E-state index contributed by atoms with van der Waals surface area (Å²) in [6, 6.07) is 18.6. The first-order chi connectivity index (χ1) is 14.4. The first-order valence-corrected chi connectivity index (χ1v) is 9.83. The molecule has 0 radical (unpaired) electrons. The van der Waals surface area contributed by atoms with Gasteiger partial charge < -0.3 is 15.7 Å². The predicted octanol–water partition coefficient (Wildman–Crippen LogP) is 4.51. The molecule has 30 heavy (non-hydrogen) atoms. The van der Waals surface area contributed by atoms with E-state index in [4.69, 9.17) is 0 Å². The van der Waals surface area contributed by atoms with Gasteiger partial charge in [0, 0.05) is 10.6 Å². The van der Waals surface area contributed by atoms with Crippen LogP contribution in [0.25, 0.3) is 0 Å². The molecule has 0 aromatic heterocycles. The Hall–Kier alpha value is -3.65. The van der Waals surface area contributed by atoms with Crippen molar-refractivity contribution in [2.75, 3.05) is 16.4 Å². The molecular formula is C22H17FN2O4S. The molecule has 6 nitrogen and oxygen atoms in total. The molecule has 3 N–H and O–H groups in total. The Morgan fingerprint density at radius 3 is 2.30 bits per heavy atom. The van der Waals surface area contributed by atoms with E-state index in [1.54, 1.807) is 42.5 Å². The Morgan fingerprint density at radius 2 is 1.57 bits per heavy atom. The summed E-state index contributed by atoms with van der Waals surface area (Å²) in [6.07, 6.45) is 0. The lowest BCUT2D eigenvalue weighted by atomic mass is 10.1. The van der Waals surface area contributed by atoms with Gasteiger partial charge in [-0.05, 0) is 42.5 Å². The zero-order chi connectivity index (χ0) is 21.5. The van der Waals surface area contributed by atoms with Crippen LogP contribution in [0.2, 0.25) is 0 Å². The number of hydrogen-bond donors (Lipinski definition) is 3. The van der Waals surface area contributed by atoms with Crippen LogP contribution in [0, 0.1) is 5.82 Å². The number of carboxylic acid groups (broad SMARTS) is 1. The van der Waals surface area contributed by atoms with Gasteiger partial charge in [0.05, 0.1) is 22.6 Å². The van der Waals surface area contributed by atoms with Gasteiger partial charge in [0.2, 0.25) is 5.91 Å².